The molecule has 1 atom stereocenters. The van der Waals surface area contributed by atoms with Crippen LogP contribution in [0.2, 0.25) is 0 Å². The predicted molar refractivity (Wildman–Crippen MR) is 76.1 cm³/mol. The summed E-state index contributed by atoms with van der Waals surface area (Å²) in [5.41, 5.74) is -0.450. The van der Waals surface area contributed by atoms with Crippen LogP contribution in [0.1, 0.15) is 18.9 Å². The zero-order valence-electron chi connectivity index (χ0n) is 11.5. The molecule has 6 heteroatoms. The summed E-state index contributed by atoms with van der Waals surface area (Å²) in [7, 11) is 1.60. The quantitative estimate of drug-likeness (QED) is 0.853. The molecule has 2 rings (SSSR count). The van der Waals surface area contributed by atoms with E-state index < -0.39 is 17.0 Å². The Hall–Kier alpha value is -1.01. The van der Waals surface area contributed by atoms with Gasteiger partial charge in [-0.15, -0.1) is 0 Å². The van der Waals surface area contributed by atoms with E-state index in [2.05, 4.69) is 21.2 Å². The first kappa shape index (κ1) is 15.4. The Kier molecular flexibility index (Phi) is 4.44. The molecule has 1 amide bonds. The van der Waals surface area contributed by atoms with Gasteiger partial charge < -0.3 is 5.32 Å². The van der Waals surface area contributed by atoms with Crippen LogP contribution in [0.3, 0.4) is 0 Å². The molecule has 0 bridgehead atoms. The van der Waals surface area contributed by atoms with Crippen LogP contribution in [-0.4, -0.2) is 30.9 Å². The van der Waals surface area contributed by atoms with Gasteiger partial charge in [-0.1, -0.05) is 0 Å². The molecule has 1 unspecified atom stereocenters. The molecule has 110 valence electrons. The Bertz CT molecular complexity index is 538. The number of halogens is 3. The van der Waals surface area contributed by atoms with Gasteiger partial charge in [-0.2, -0.15) is 0 Å². The number of likely N-dealkylation sites (tertiary alicyclic amines) is 1. The highest BCUT2D eigenvalue weighted by molar-refractivity contribution is 9.10. The molecule has 1 N–H and O–H groups in total. The van der Waals surface area contributed by atoms with E-state index in [9.17, 15) is 13.6 Å². The van der Waals surface area contributed by atoms with Crippen molar-refractivity contribution in [3.8, 4) is 0 Å². The van der Waals surface area contributed by atoms with Gasteiger partial charge in [0.15, 0.2) is 0 Å². The lowest BCUT2D eigenvalue weighted by molar-refractivity contribution is -0.129. The molecule has 1 saturated heterocycles. The molecule has 1 heterocycles. The zero-order chi connectivity index (χ0) is 14.9. The first-order valence-electron chi connectivity index (χ1n) is 6.44. The molecule has 20 heavy (non-hydrogen) atoms. The smallest absolute Gasteiger partial charge is 0.227 e. The molecular formula is C14H17BrF2N2O. The molecule has 0 spiro atoms. The Labute approximate surface area is 125 Å². The van der Waals surface area contributed by atoms with E-state index in [1.54, 1.807) is 7.05 Å². The van der Waals surface area contributed by atoms with Gasteiger partial charge in [0, 0.05) is 25.7 Å². The maximum atomic E-state index is 13.9. The number of rotatable bonds is 3. The second-order valence-electron chi connectivity index (χ2n) is 5.42. The van der Waals surface area contributed by atoms with Crippen molar-refractivity contribution in [1.29, 1.82) is 0 Å². The third kappa shape index (κ3) is 2.86. The third-order valence-electron chi connectivity index (χ3n) is 3.85. The molecule has 1 aromatic carbocycles. The fraction of sp³-hybridized carbons (Fsp3) is 0.500. The van der Waals surface area contributed by atoms with Gasteiger partial charge in [0.2, 0.25) is 5.91 Å². The van der Waals surface area contributed by atoms with Gasteiger partial charge in [0.1, 0.15) is 11.6 Å². The molecule has 1 aromatic rings. The fourth-order valence-corrected chi connectivity index (χ4v) is 2.99. The minimum atomic E-state index is -0.571. The second kappa shape index (κ2) is 5.77. The number of hydrogen-bond acceptors (Lipinski definition) is 2. The minimum absolute atomic E-state index is 0.0322. The third-order valence-corrected chi connectivity index (χ3v) is 4.46. The number of amides is 1. The number of nitrogens with zero attached hydrogens (tertiary/aromatic N) is 1. The maximum Gasteiger partial charge on any atom is 0.227 e. The maximum absolute atomic E-state index is 13.9. The lowest BCUT2D eigenvalue weighted by atomic mass is 9.89. The lowest BCUT2D eigenvalue weighted by Crippen LogP contribution is -2.39. The molecule has 1 fully saturated rings. The predicted octanol–water partition coefficient (Wildman–Crippen LogP) is 2.69. The van der Waals surface area contributed by atoms with E-state index >= 15 is 0 Å². The van der Waals surface area contributed by atoms with E-state index in [1.165, 1.54) is 12.1 Å². The Morgan fingerprint density at radius 2 is 2.20 bits per heavy atom. The SMILES string of the molecule is CNC(=O)C1(C)CCN(Cc2c(F)ccc(Br)c2F)C1. The van der Waals surface area contributed by atoms with Crippen molar-refractivity contribution in [2.75, 3.05) is 20.1 Å². The Morgan fingerprint density at radius 1 is 1.50 bits per heavy atom. The Morgan fingerprint density at radius 3 is 2.85 bits per heavy atom. The van der Waals surface area contributed by atoms with Crippen molar-refractivity contribution < 1.29 is 13.6 Å². The number of benzene rings is 1. The first-order chi connectivity index (χ1) is 9.37. The molecule has 3 nitrogen and oxygen atoms in total. The van der Waals surface area contributed by atoms with Crippen LogP contribution < -0.4 is 5.32 Å². The summed E-state index contributed by atoms with van der Waals surface area (Å²) in [6, 6.07) is 2.60. The van der Waals surface area contributed by atoms with Crippen molar-refractivity contribution in [3.05, 3.63) is 33.8 Å². The van der Waals surface area contributed by atoms with Gasteiger partial charge in [-0.05, 0) is 48.0 Å². The van der Waals surface area contributed by atoms with Crippen molar-refractivity contribution in [3.63, 3.8) is 0 Å². The second-order valence-corrected chi connectivity index (χ2v) is 6.28. The average molecular weight is 347 g/mol. The summed E-state index contributed by atoms with van der Waals surface area (Å²) in [5, 5.41) is 2.64. The molecule has 0 aromatic heterocycles. The highest BCUT2D eigenvalue weighted by Crippen LogP contribution is 2.32. The molecule has 0 saturated carbocycles. The van der Waals surface area contributed by atoms with Crippen LogP contribution in [0.25, 0.3) is 0 Å². The van der Waals surface area contributed by atoms with Gasteiger partial charge in [0.05, 0.1) is 9.89 Å². The van der Waals surface area contributed by atoms with E-state index in [4.69, 9.17) is 0 Å². The van der Waals surface area contributed by atoms with Crippen molar-refractivity contribution in [2.45, 2.75) is 19.9 Å². The van der Waals surface area contributed by atoms with E-state index in [-0.39, 0.29) is 22.5 Å². The van der Waals surface area contributed by atoms with Crippen LogP contribution in [0, 0.1) is 17.0 Å². The molecule has 0 radical (unpaired) electrons. The standard InChI is InChI=1S/C14H17BrF2N2O/c1-14(13(20)18-2)5-6-19(8-14)7-9-11(16)4-3-10(15)12(9)17/h3-4H,5-8H2,1-2H3,(H,18,20). The summed E-state index contributed by atoms with van der Waals surface area (Å²) in [6.45, 7) is 3.19. The number of carbonyl (C=O) groups is 1. The monoisotopic (exact) mass is 346 g/mol. The van der Waals surface area contributed by atoms with Gasteiger partial charge in [0.25, 0.3) is 0 Å². The van der Waals surface area contributed by atoms with Crippen LogP contribution in [-0.2, 0) is 11.3 Å². The molecule has 1 aliphatic rings. The number of nitrogens with one attached hydrogen (secondary N) is 1. The fourth-order valence-electron chi connectivity index (χ4n) is 2.62. The Balaban J connectivity index is 2.14. The number of carbonyl (C=O) groups excluding carboxylic acids is 1. The summed E-state index contributed by atoms with van der Waals surface area (Å²) < 4.78 is 27.9. The van der Waals surface area contributed by atoms with Gasteiger partial charge in [-0.3, -0.25) is 9.69 Å². The highest BCUT2D eigenvalue weighted by atomic mass is 79.9. The minimum Gasteiger partial charge on any atom is -0.359 e. The van der Waals surface area contributed by atoms with Crippen molar-refractivity contribution >= 4 is 21.8 Å². The topological polar surface area (TPSA) is 32.3 Å². The van der Waals surface area contributed by atoms with Gasteiger partial charge in [-0.25, -0.2) is 8.78 Å². The first-order valence-corrected chi connectivity index (χ1v) is 7.23. The zero-order valence-corrected chi connectivity index (χ0v) is 13.1. The van der Waals surface area contributed by atoms with Crippen LogP contribution in [0.15, 0.2) is 16.6 Å². The van der Waals surface area contributed by atoms with Crippen molar-refractivity contribution in [2.24, 2.45) is 5.41 Å². The van der Waals surface area contributed by atoms with Crippen LogP contribution in [0.5, 0.6) is 0 Å². The summed E-state index contributed by atoms with van der Waals surface area (Å²) in [4.78, 5) is 13.7. The lowest BCUT2D eigenvalue weighted by Gasteiger charge is -2.23. The highest BCUT2D eigenvalue weighted by Gasteiger charge is 2.40. The largest absolute Gasteiger partial charge is 0.359 e. The average Bonchev–Trinajstić information content (AvgIpc) is 2.81. The molecular weight excluding hydrogens is 330 g/mol. The normalized spacial score (nSPS) is 23.1. The number of hydrogen-bond donors (Lipinski definition) is 1. The van der Waals surface area contributed by atoms with Crippen LogP contribution >= 0.6 is 15.9 Å². The van der Waals surface area contributed by atoms with Crippen LogP contribution in [0.4, 0.5) is 8.78 Å². The van der Waals surface area contributed by atoms with E-state index in [0.717, 1.165) is 0 Å². The summed E-state index contributed by atoms with van der Waals surface area (Å²) in [6.07, 6.45) is 0.684. The van der Waals surface area contributed by atoms with E-state index in [0.29, 0.717) is 19.5 Å². The summed E-state index contributed by atoms with van der Waals surface area (Å²) >= 11 is 3.06. The summed E-state index contributed by atoms with van der Waals surface area (Å²) in [5.74, 6) is -1.16. The van der Waals surface area contributed by atoms with Gasteiger partial charge >= 0.3 is 0 Å². The van der Waals surface area contributed by atoms with Crippen molar-refractivity contribution in [1.82, 2.24) is 10.2 Å². The molecule has 0 aliphatic carbocycles. The molecule has 1 aliphatic heterocycles. The van der Waals surface area contributed by atoms with E-state index in [1.807, 2.05) is 11.8 Å².